The quantitative estimate of drug-likeness (QED) is 0.804. The van der Waals surface area contributed by atoms with Crippen LogP contribution in [0.4, 0.5) is 0 Å². The molecule has 0 amide bonds. The number of benzene rings is 1. The van der Waals surface area contributed by atoms with Crippen molar-refractivity contribution in [2.45, 2.75) is 12.8 Å². The zero-order valence-electron chi connectivity index (χ0n) is 10.4. The molecule has 18 heavy (non-hydrogen) atoms. The smallest absolute Gasteiger partial charge is 0.150 e. The zero-order valence-corrected chi connectivity index (χ0v) is 10.4. The summed E-state index contributed by atoms with van der Waals surface area (Å²) in [6.07, 6.45) is 2.95. The van der Waals surface area contributed by atoms with Crippen LogP contribution >= 0.6 is 0 Å². The van der Waals surface area contributed by atoms with Gasteiger partial charge in [-0.05, 0) is 43.0 Å². The minimum Gasteiger partial charge on any atom is -0.493 e. The largest absolute Gasteiger partial charge is 0.493 e. The Morgan fingerprint density at radius 2 is 1.94 bits per heavy atom. The highest BCUT2D eigenvalue weighted by Crippen LogP contribution is 2.19. The molecule has 0 bridgehead atoms. The monoisotopic (exact) mass is 249 g/mol. The van der Waals surface area contributed by atoms with Crippen LogP contribution in [0.5, 0.6) is 5.75 Å². The molecule has 1 aliphatic heterocycles. The molecule has 4 nitrogen and oxygen atoms in total. The molecule has 1 aliphatic rings. The predicted molar refractivity (Wildman–Crippen MR) is 68.7 cm³/mol. The molecule has 1 aromatic carbocycles. The lowest BCUT2D eigenvalue weighted by Gasteiger charge is -2.30. The van der Waals surface area contributed by atoms with Gasteiger partial charge in [-0.3, -0.25) is 9.69 Å². The van der Waals surface area contributed by atoms with E-state index < -0.39 is 0 Å². The summed E-state index contributed by atoms with van der Waals surface area (Å²) in [6.45, 7) is 2.74. The van der Waals surface area contributed by atoms with Crippen LogP contribution in [0.3, 0.4) is 0 Å². The van der Waals surface area contributed by atoms with Crippen molar-refractivity contribution in [1.29, 1.82) is 0 Å². The Labute approximate surface area is 107 Å². The number of aliphatic hydroxyl groups is 1. The second-order valence-corrected chi connectivity index (χ2v) is 4.70. The number of aldehydes is 1. The van der Waals surface area contributed by atoms with E-state index in [1.54, 1.807) is 12.1 Å². The van der Waals surface area contributed by atoms with Gasteiger partial charge in [0.05, 0.1) is 13.3 Å². The average Bonchev–Trinajstić information content (AvgIpc) is 2.46. The Morgan fingerprint density at radius 1 is 1.28 bits per heavy atom. The van der Waals surface area contributed by atoms with Crippen LogP contribution in [0.25, 0.3) is 0 Å². The van der Waals surface area contributed by atoms with Crippen LogP contribution < -0.4 is 4.74 Å². The highest BCUT2D eigenvalue weighted by atomic mass is 16.5. The third-order valence-electron chi connectivity index (χ3n) is 3.41. The van der Waals surface area contributed by atoms with Crippen LogP contribution in [0.1, 0.15) is 23.2 Å². The number of hydrogen-bond donors (Lipinski definition) is 1. The van der Waals surface area contributed by atoms with Crippen LogP contribution in [-0.2, 0) is 0 Å². The van der Waals surface area contributed by atoms with Crippen LogP contribution in [0.2, 0.25) is 0 Å². The first-order valence-electron chi connectivity index (χ1n) is 6.33. The molecule has 1 saturated heterocycles. The minimum absolute atomic E-state index is 0.154. The second kappa shape index (κ2) is 6.52. The van der Waals surface area contributed by atoms with Gasteiger partial charge in [-0.25, -0.2) is 0 Å². The van der Waals surface area contributed by atoms with Crippen molar-refractivity contribution in [2.24, 2.45) is 5.92 Å². The van der Waals surface area contributed by atoms with Crippen molar-refractivity contribution in [3.05, 3.63) is 29.8 Å². The van der Waals surface area contributed by atoms with Crippen LogP contribution in [0, 0.1) is 5.92 Å². The summed E-state index contributed by atoms with van der Waals surface area (Å²) in [6, 6.07) is 7.17. The molecule has 0 radical (unpaired) electrons. The Bertz CT molecular complexity index is 369. The number of carbonyl (C=O) groups is 1. The average molecular weight is 249 g/mol. The molecule has 0 saturated carbocycles. The fourth-order valence-electron chi connectivity index (χ4n) is 2.15. The standard InChI is InChI=1S/C14H19NO3/c16-9-12-1-3-14(4-2-12)18-10-13-5-7-15(11-17)8-6-13/h1-4,9,13,17H,5-8,10-11H2. The topological polar surface area (TPSA) is 49.8 Å². The van der Waals surface area contributed by atoms with E-state index in [-0.39, 0.29) is 6.73 Å². The number of piperidine rings is 1. The molecule has 0 aromatic heterocycles. The van der Waals surface area contributed by atoms with Crippen molar-refractivity contribution in [1.82, 2.24) is 4.90 Å². The lowest BCUT2D eigenvalue weighted by atomic mass is 9.98. The van der Waals surface area contributed by atoms with E-state index in [9.17, 15) is 4.79 Å². The first kappa shape index (κ1) is 13.1. The van der Waals surface area contributed by atoms with Crippen LogP contribution in [0.15, 0.2) is 24.3 Å². The maximum atomic E-state index is 10.5. The van der Waals surface area contributed by atoms with Gasteiger partial charge in [0.1, 0.15) is 12.0 Å². The Balaban J connectivity index is 1.76. The van der Waals surface area contributed by atoms with E-state index in [0.29, 0.717) is 18.1 Å². The van der Waals surface area contributed by atoms with Gasteiger partial charge in [-0.1, -0.05) is 0 Å². The van der Waals surface area contributed by atoms with Crippen molar-refractivity contribution in [2.75, 3.05) is 26.4 Å². The van der Waals surface area contributed by atoms with E-state index in [1.807, 2.05) is 17.0 Å². The van der Waals surface area contributed by atoms with Gasteiger partial charge in [0, 0.05) is 18.7 Å². The van der Waals surface area contributed by atoms with Crippen molar-refractivity contribution < 1.29 is 14.6 Å². The van der Waals surface area contributed by atoms with E-state index >= 15 is 0 Å². The molecule has 1 heterocycles. The number of hydrogen-bond acceptors (Lipinski definition) is 4. The van der Waals surface area contributed by atoms with E-state index in [0.717, 1.165) is 38.0 Å². The fraction of sp³-hybridized carbons (Fsp3) is 0.500. The summed E-state index contributed by atoms with van der Waals surface area (Å²) in [4.78, 5) is 12.6. The molecule has 1 aromatic rings. The second-order valence-electron chi connectivity index (χ2n) is 4.70. The molecule has 0 atom stereocenters. The Kier molecular flexibility index (Phi) is 4.73. The number of likely N-dealkylation sites (tertiary alicyclic amines) is 1. The number of aliphatic hydroxyl groups excluding tert-OH is 1. The Morgan fingerprint density at radius 3 is 2.50 bits per heavy atom. The summed E-state index contributed by atoms with van der Waals surface area (Å²) in [5.74, 6) is 1.36. The lowest BCUT2D eigenvalue weighted by Crippen LogP contribution is -2.36. The first-order valence-corrected chi connectivity index (χ1v) is 6.33. The third kappa shape index (κ3) is 3.55. The van der Waals surface area contributed by atoms with E-state index in [4.69, 9.17) is 9.84 Å². The first-order chi connectivity index (χ1) is 8.81. The SMILES string of the molecule is O=Cc1ccc(OCC2CCN(CO)CC2)cc1. The normalized spacial score (nSPS) is 17.6. The van der Waals surface area contributed by atoms with Gasteiger partial charge >= 0.3 is 0 Å². The molecular formula is C14H19NO3. The maximum absolute atomic E-state index is 10.5. The van der Waals surface area contributed by atoms with Gasteiger partial charge in [-0.2, -0.15) is 0 Å². The summed E-state index contributed by atoms with van der Waals surface area (Å²) < 4.78 is 5.72. The van der Waals surface area contributed by atoms with Crippen LogP contribution in [-0.4, -0.2) is 42.7 Å². The molecule has 1 N–H and O–H groups in total. The molecule has 0 spiro atoms. The maximum Gasteiger partial charge on any atom is 0.150 e. The lowest BCUT2D eigenvalue weighted by molar-refractivity contribution is 0.0622. The molecule has 0 aliphatic carbocycles. The summed E-state index contributed by atoms with van der Waals surface area (Å²) in [5.41, 5.74) is 0.665. The number of carbonyl (C=O) groups excluding carboxylic acids is 1. The van der Waals surface area contributed by atoms with Gasteiger partial charge in [0.25, 0.3) is 0 Å². The van der Waals surface area contributed by atoms with E-state index in [2.05, 4.69) is 0 Å². The fourth-order valence-corrected chi connectivity index (χ4v) is 2.15. The third-order valence-corrected chi connectivity index (χ3v) is 3.41. The van der Waals surface area contributed by atoms with Gasteiger partial charge in [0.2, 0.25) is 0 Å². The van der Waals surface area contributed by atoms with E-state index in [1.165, 1.54) is 0 Å². The molecule has 1 fully saturated rings. The number of ether oxygens (including phenoxy) is 1. The number of rotatable bonds is 5. The summed E-state index contributed by atoms with van der Waals surface area (Å²) in [7, 11) is 0. The highest BCUT2D eigenvalue weighted by molar-refractivity contribution is 5.74. The Hall–Kier alpha value is -1.39. The molecule has 4 heteroatoms. The van der Waals surface area contributed by atoms with Crippen molar-refractivity contribution >= 4 is 6.29 Å². The molecule has 0 unspecified atom stereocenters. The zero-order chi connectivity index (χ0) is 12.8. The summed E-state index contributed by atoms with van der Waals surface area (Å²) in [5, 5.41) is 9.00. The molecule has 2 rings (SSSR count). The number of nitrogens with zero attached hydrogens (tertiary/aromatic N) is 1. The highest BCUT2D eigenvalue weighted by Gasteiger charge is 2.18. The van der Waals surface area contributed by atoms with Gasteiger partial charge < -0.3 is 9.84 Å². The molecule has 98 valence electrons. The predicted octanol–water partition coefficient (Wildman–Crippen LogP) is 1.54. The summed E-state index contributed by atoms with van der Waals surface area (Å²) >= 11 is 0. The van der Waals surface area contributed by atoms with Gasteiger partial charge in [-0.15, -0.1) is 0 Å². The molecular weight excluding hydrogens is 230 g/mol. The van der Waals surface area contributed by atoms with Crippen molar-refractivity contribution in [3.8, 4) is 5.75 Å². The van der Waals surface area contributed by atoms with Crippen molar-refractivity contribution in [3.63, 3.8) is 0 Å². The van der Waals surface area contributed by atoms with Gasteiger partial charge in [0.15, 0.2) is 0 Å². The minimum atomic E-state index is 0.154.